The van der Waals surface area contributed by atoms with Crippen LogP contribution in [0.3, 0.4) is 0 Å². The smallest absolute Gasteiger partial charge is 0.449 e. The van der Waals surface area contributed by atoms with Gasteiger partial charge in [0.05, 0.1) is 24.0 Å². The summed E-state index contributed by atoms with van der Waals surface area (Å²) in [5.74, 6) is -1.80. The molecule has 4 aliphatic rings. The van der Waals surface area contributed by atoms with Crippen molar-refractivity contribution in [2.45, 2.75) is 49.6 Å². The van der Waals surface area contributed by atoms with Crippen LogP contribution in [-0.4, -0.2) is 69.0 Å². The highest BCUT2D eigenvalue weighted by Crippen LogP contribution is 2.49. The first kappa shape index (κ1) is 19.2. The van der Waals surface area contributed by atoms with E-state index in [0.717, 1.165) is 0 Å². The predicted molar refractivity (Wildman–Crippen MR) is 95.6 cm³/mol. The van der Waals surface area contributed by atoms with Crippen LogP contribution in [0.25, 0.3) is 0 Å². The molecular formula is C17H21N3O7S. The molecule has 10 nitrogen and oxygen atoms in total. The van der Waals surface area contributed by atoms with Crippen LogP contribution in [0, 0.1) is 11.8 Å². The second-order valence-electron chi connectivity index (χ2n) is 7.56. The molecule has 0 bridgehead atoms. The van der Waals surface area contributed by atoms with E-state index >= 15 is 0 Å². The molecular weight excluding hydrogens is 390 g/mol. The number of carbonyl (C=O) groups excluding carboxylic acids is 3. The summed E-state index contributed by atoms with van der Waals surface area (Å²) in [6.07, 6.45) is -1.08. The maximum atomic E-state index is 12.3. The Morgan fingerprint density at radius 1 is 1.32 bits per heavy atom. The average molecular weight is 411 g/mol. The van der Waals surface area contributed by atoms with Gasteiger partial charge in [-0.25, -0.2) is 4.79 Å². The average Bonchev–Trinajstić information content (AvgIpc) is 3.24. The fraction of sp³-hybridized carbons (Fsp3) is 0.647. The molecule has 0 radical (unpaired) electrons. The molecule has 0 aromatic carbocycles. The van der Waals surface area contributed by atoms with E-state index in [1.807, 2.05) is 0 Å². The number of nitrogens with one attached hydrogen (secondary N) is 2. The van der Waals surface area contributed by atoms with E-state index in [-0.39, 0.29) is 47.4 Å². The number of aliphatic hydroxyl groups is 1. The largest absolute Gasteiger partial charge is 0.512 e. The quantitative estimate of drug-likeness (QED) is 0.269. The van der Waals surface area contributed by atoms with Crippen LogP contribution >= 0.6 is 11.8 Å². The van der Waals surface area contributed by atoms with Gasteiger partial charge in [0, 0.05) is 35.6 Å². The van der Waals surface area contributed by atoms with Crippen molar-refractivity contribution in [2.75, 3.05) is 6.54 Å². The second-order valence-corrected chi connectivity index (χ2v) is 8.95. The highest BCUT2D eigenvalue weighted by molar-refractivity contribution is 8.03. The summed E-state index contributed by atoms with van der Waals surface area (Å²) in [4.78, 5) is 48.7. The van der Waals surface area contributed by atoms with Crippen LogP contribution in [0.2, 0.25) is 0 Å². The van der Waals surface area contributed by atoms with Crippen molar-refractivity contribution in [3.63, 3.8) is 0 Å². The SMILES string of the molecule is C[C@@H](O)[C@H]1C(=O)N2C(OC(=O)O)=C(S[C@@H]3CN[C@H](C4CC(=O)NC4=O)C3)C[C@H]12. The highest BCUT2D eigenvalue weighted by atomic mass is 32.2. The van der Waals surface area contributed by atoms with Crippen molar-refractivity contribution in [1.29, 1.82) is 0 Å². The number of hydrogen-bond acceptors (Lipinski definition) is 8. The Labute approximate surface area is 164 Å². The molecule has 4 heterocycles. The molecule has 0 aromatic heterocycles. The van der Waals surface area contributed by atoms with E-state index in [2.05, 4.69) is 10.6 Å². The molecule has 28 heavy (non-hydrogen) atoms. The van der Waals surface area contributed by atoms with Gasteiger partial charge in [-0.05, 0) is 13.3 Å². The zero-order chi connectivity index (χ0) is 20.2. The molecule has 4 rings (SSSR count). The Morgan fingerprint density at radius 3 is 2.68 bits per heavy atom. The molecule has 152 valence electrons. The summed E-state index contributed by atoms with van der Waals surface area (Å²) in [7, 11) is 0. The number of imide groups is 1. The van der Waals surface area contributed by atoms with Crippen molar-refractivity contribution in [3.05, 3.63) is 10.8 Å². The Kier molecular flexibility index (Phi) is 4.84. The van der Waals surface area contributed by atoms with Crippen LogP contribution in [0.5, 0.6) is 0 Å². The third-order valence-electron chi connectivity index (χ3n) is 5.75. The summed E-state index contributed by atoms with van der Waals surface area (Å²) in [6.45, 7) is 2.14. The predicted octanol–water partition coefficient (Wildman–Crippen LogP) is -0.412. The molecule has 3 amide bonds. The fourth-order valence-corrected chi connectivity index (χ4v) is 5.88. The lowest BCUT2D eigenvalue weighted by Gasteiger charge is -2.44. The molecule has 11 heteroatoms. The summed E-state index contributed by atoms with van der Waals surface area (Å²) >= 11 is 1.43. The fourth-order valence-electron chi connectivity index (χ4n) is 4.49. The zero-order valence-electron chi connectivity index (χ0n) is 15.1. The highest BCUT2D eigenvalue weighted by Gasteiger charge is 2.57. The molecule has 3 fully saturated rings. The number of β-lactam (4-membered cyclic amide) rings is 1. The molecule has 3 saturated heterocycles. The van der Waals surface area contributed by atoms with Gasteiger partial charge >= 0.3 is 6.16 Å². The third kappa shape index (κ3) is 3.16. The van der Waals surface area contributed by atoms with Gasteiger partial charge < -0.3 is 20.3 Å². The summed E-state index contributed by atoms with van der Waals surface area (Å²) in [6, 6.07) is -0.425. The van der Waals surface area contributed by atoms with Crippen molar-refractivity contribution in [1.82, 2.24) is 15.5 Å². The first-order valence-electron chi connectivity index (χ1n) is 9.15. The maximum Gasteiger partial charge on any atom is 0.512 e. The number of thioether (sulfide) groups is 1. The summed E-state index contributed by atoms with van der Waals surface area (Å²) in [5.41, 5.74) is 0. The lowest BCUT2D eigenvalue weighted by Crippen LogP contribution is -2.61. The van der Waals surface area contributed by atoms with Gasteiger partial charge in [0.1, 0.15) is 0 Å². The first-order valence-corrected chi connectivity index (χ1v) is 10.0. The van der Waals surface area contributed by atoms with Crippen LogP contribution in [0.1, 0.15) is 26.2 Å². The van der Waals surface area contributed by atoms with Crippen molar-refractivity contribution in [3.8, 4) is 0 Å². The van der Waals surface area contributed by atoms with Gasteiger partial charge in [0.15, 0.2) is 0 Å². The number of fused-ring (bicyclic) bond motifs is 1. The Bertz CT molecular complexity index is 783. The van der Waals surface area contributed by atoms with Gasteiger partial charge in [-0.2, -0.15) is 0 Å². The number of amides is 3. The van der Waals surface area contributed by atoms with Crippen LogP contribution < -0.4 is 10.6 Å². The third-order valence-corrected chi connectivity index (χ3v) is 7.07. The molecule has 1 unspecified atom stereocenters. The minimum Gasteiger partial charge on any atom is -0.449 e. The number of hydrogen-bond donors (Lipinski definition) is 4. The standard InChI is InChI=1S/C17H21N3O7S/c1-6(21)13-10-4-11(16(27-17(25)26)20(10)15(13)24)28-7-2-9(18-5-7)8-3-12(22)19-14(8)23/h6-10,13,18,21H,2-5H2,1H3,(H,25,26)(H,19,22,23)/t6-,7+,8?,9+,10-,13-/m1/s1. The molecule has 0 aromatic rings. The number of carbonyl (C=O) groups is 4. The lowest BCUT2D eigenvalue weighted by atomic mass is 9.84. The second kappa shape index (κ2) is 7.05. The van der Waals surface area contributed by atoms with Gasteiger partial charge in [0.2, 0.25) is 23.6 Å². The van der Waals surface area contributed by atoms with Gasteiger partial charge in [0.25, 0.3) is 0 Å². The molecule has 4 aliphatic heterocycles. The van der Waals surface area contributed by atoms with E-state index in [9.17, 15) is 24.3 Å². The van der Waals surface area contributed by atoms with Gasteiger partial charge in [-0.1, -0.05) is 0 Å². The molecule has 0 aliphatic carbocycles. The van der Waals surface area contributed by atoms with Crippen LogP contribution in [-0.2, 0) is 19.1 Å². The topological polar surface area (TPSA) is 145 Å². The molecule has 0 spiro atoms. The Balaban J connectivity index is 1.45. The normalized spacial score (nSPS) is 35.7. The monoisotopic (exact) mass is 411 g/mol. The number of rotatable bonds is 5. The number of nitrogens with zero attached hydrogens (tertiary/aromatic N) is 1. The van der Waals surface area contributed by atoms with Gasteiger partial charge in [-0.3, -0.25) is 24.6 Å². The number of aliphatic hydroxyl groups excluding tert-OH is 1. The number of carboxylic acid groups (broad SMARTS) is 1. The van der Waals surface area contributed by atoms with Crippen LogP contribution in [0.4, 0.5) is 4.79 Å². The van der Waals surface area contributed by atoms with E-state index in [0.29, 0.717) is 24.3 Å². The van der Waals surface area contributed by atoms with E-state index in [4.69, 9.17) is 9.84 Å². The lowest BCUT2D eigenvalue weighted by molar-refractivity contribution is -0.161. The van der Waals surface area contributed by atoms with E-state index in [1.54, 1.807) is 6.92 Å². The molecule has 0 saturated carbocycles. The summed E-state index contributed by atoms with van der Waals surface area (Å²) in [5, 5.41) is 24.5. The van der Waals surface area contributed by atoms with Crippen LogP contribution in [0.15, 0.2) is 10.8 Å². The molecule has 4 N–H and O–H groups in total. The van der Waals surface area contributed by atoms with Crippen molar-refractivity contribution < 1.29 is 34.1 Å². The minimum absolute atomic E-state index is 0.0293. The molecule has 6 atom stereocenters. The van der Waals surface area contributed by atoms with Crippen molar-refractivity contribution >= 4 is 35.6 Å². The summed E-state index contributed by atoms with van der Waals surface area (Å²) < 4.78 is 4.89. The van der Waals surface area contributed by atoms with Gasteiger partial charge in [-0.15, -0.1) is 11.8 Å². The van der Waals surface area contributed by atoms with Crippen molar-refractivity contribution in [2.24, 2.45) is 11.8 Å². The zero-order valence-corrected chi connectivity index (χ0v) is 15.9. The van der Waals surface area contributed by atoms with E-state index < -0.39 is 24.1 Å². The maximum absolute atomic E-state index is 12.3. The Hall–Kier alpha value is -2.11. The Morgan fingerprint density at radius 2 is 2.07 bits per heavy atom. The number of ether oxygens (including phenoxy) is 1. The minimum atomic E-state index is -1.49. The first-order chi connectivity index (χ1) is 13.3. The van der Waals surface area contributed by atoms with E-state index in [1.165, 1.54) is 16.7 Å².